The second kappa shape index (κ2) is 7.29. The molecule has 0 spiro atoms. The fraction of sp³-hybridized carbons (Fsp3) is 0.167. The Labute approximate surface area is 124 Å². The second-order valence-corrected chi connectivity index (χ2v) is 4.53. The molecule has 0 amide bonds. The van der Waals surface area contributed by atoms with Crippen molar-refractivity contribution in [2.45, 2.75) is 13.3 Å². The highest BCUT2D eigenvalue weighted by atomic mass is 16.5. The molecular weight excluding hydrogens is 264 g/mol. The average molecular weight is 282 g/mol. The first-order valence-corrected chi connectivity index (χ1v) is 6.84. The average Bonchev–Trinajstić information content (AvgIpc) is 2.54. The smallest absolute Gasteiger partial charge is 0.330 e. The van der Waals surface area contributed by atoms with Crippen LogP contribution < -0.4 is 4.74 Å². The van der Waals surface area contributed by atoms with Gasteiger partial charge in [-0.15, -0.1) is 0 Å². The minimum atomic E-state index is -0.369. The van der Waals surface area contributed by atoms with E-state index < -0.39 is 0 Å². The summed E-state index contributed by atoms with van der Waals surface area (Å²) in [6.45, 7) is 2.11. The Balaban J connectivity index is 2.05. The fourth-order valence-corrected chi connectivity index (χ4v) is 1.84. The van der Waals surface area contributed by atoms with E-state index in [1.54, 1.807) is 6.08 Å². The highest BCUT2D eigenvalue weighted by molar-refractivity contribution is 5.86. The third-order valence-electron chi connectivity index (χ3n) is 3.04. The molecule has 0 saturated heterocycles. The second-order valence-electron chi connectivity index (χ2n) is 4.53. The lowest BCUT2D eigenvalue weighted by atomic mass is 10.1. The van der Waals surface area contributed by atoms with Gasteiger partial charge in [0.25, 0.3) is 0 Å². The van der Waals surface area contributed by atoms with Crippen molar-refractivity contribution in [1.29, 1.82) is 0 Å². The van der Waals surface area contributed by atoms with Gasteiger partial charge in [0, 0.05) is 6.08 Å². The molecular formula is C18H18O3. The molecule has 2 aromatic carbocycles. The summed E-state index contributed by atoms with van der Waals surface area (Å²) in [4.78, 5) is 11.0. The van der Waals surface area contributed by atoms with Gasteiger partial charge in [-0.2, -0.15) is 0 Å². The van der Waals surface area contributed by atoms with Gasteiger partial charge in [0.05, 0.1) is 7.11 Å². The van der Waals surface area contributed by atoms with Crippen LogP contribution in [0.5, 0.6) is 11.5 Å². The van der Waals surface area contributed by atoms with Gasteiger partial charge in [0.2, 0.25) is 0 Å². The summed E-state index contributed by atoms with van der Waals surface area (Å²) in [6, 6.07) is 15.5. The molecule has 0 bridgehead atoms. The van der Waals surface area contributed by atoms with E-state index in [0.29, 0.717) is 0 Å². The van der Waals surface area contributed by atoms with E-state index in [9.17, 15) is 4.79 Å². The SMILES string of the molecule is CCc1cccc(Oc2ccc(/C=C/C(=O)OC)cc2)c1. The summed E-state index contributed by atoms with van der Waals surface area (Å²) in [7, 11) is 1.36. The van der Waals surface area contributed by atoms with E-state index >= 15 is 0 Å². The third-order valence-corrected chi connectivity index (χ3v) is 3.04. The molecule has 3 nitrogen and oxygen atoms in total. The highest BCUT2D eigenvalue weighted by Crippen LogP contribution is 2.23. The van der Waals surface area contributed by atoms with Crippen LogP contribution in [0, 0.1) is 0 Å². The number of ether oxygens (including phenoxy) is 2. The summed E-state index contributed by atoms with van der Waals surface area (Å²) < 4.78 is 10.4. The van der Waals surface area contributed by atoms with Gasteiger partial charge in [-0.25, -0.2) is 4.79 Å². The molecule has 0 aliphatic rings. The summed E-state index contributed by atoms with van der Waals surface area (Å²) in [5.74, 6) is 1.22. The maximum atomic E-state index is 11.0. The number of hydrogen-bond acceptors (Lipinski definition) is 3. The van der Waals surface area contributed by atoms with Crippen LogP contribution in [-0.2, 0) is 16.0 Å². The summed E-state index contributed by atoms with van der Waals surface area (Å²) >= 11 is 0. The zero-order valence-corrected chi connectivity index (χ0v) is 12.2. The van der Waals surface area contributed by atoms with E-state index in [1.165, 1.54) is 18.7 Å². The first kappa shape index (κ1) is 14.9. The van der Waals surface area contributed by atoms with Crippen molar-refractivity contribution in [3.63, 3.8) is 0 Å². The van der Waals surface area contributed by atoms with Gasteiger partial charge in [0.15, 0.2) is 0 Å². The monoisotopic (exact) mass is 282 g/mol. The molecule has 2 aromatic rings. The molecule has 0 aliphatic carbocycles. The normalized spacial score (nSPS) is 10.6. The molecule has 0 N–H and O–H groups in total. The molecule has 0 fully saturated rings. The minimum absolute atomic E-state index is 0.369. The minimum Gasteiger partial charge on any atom is -0.466 e. The Hall–Kier alpha value is -2.55. The van der Waals surface area contributed by atoms with Crippen LogP contribution in [0.4, 0.5) is 0 Å². The number of rotatable bonds is 5. The van der Waals surface area contributed by atoms with Crippen molar-refractivity contribution >= 4 is 12.0 Å². The van der Waals surface area contributed by atoms with Crippen molar-refractivity contribution < 1.29 is 14.3 Å². The third kappa shape index (κ3) is 4.49. The van der Waals surface area contributed by atoms with Crippen LogP contribution in [0.1, 0.15) is 18.1 Å². The van der Waals surface area contributed by atoms with E-state index in [1.807, 2.05) is 42.5 Å². The lowest BCUT2D eigenvalue weighted by molar-refractivity contribution is -0.134. The predicted octanol–water partition coefficient (Wildman–Crippen LogP) is 4.23. The van der Waals surface area contributed by atoms with E-state index in [0.717, 1.165) is 23.5 Å². The van der Waals surface area contributed by atoms with Crippen molar-refractivity contribution in [2.75, 3.05) is 7.11 Å². The van der Waals surface area contributed by atoms with Crippen LogP contribution in [0.15, 0.2) is 54.6 Å². The Kier molecular flexibility index (Phi) is 5.16. The molecule has 0 aliphatic heterocycles. The van der Waals surface area contributed by atoms with Crippen molar-refractivity contribution in [2.24, 2.45) is 0 Å². The van der Waals surface area contributed by atoms with Gasteiger partial charge < -0.3 is 9.47 Å². The number of benzene rings is 2. The zero-order valence-electron chi connectivity index (χ0n) is 12.2. The number of hydrogen-bond donors (Lipinski definition) is 0. The fourth-order valence-electron chi connectivity index (χ4n) is 1.84. The number of aryl methyl sites for hydroxylation is 1. The molecule has 21 heavy (non-hydrogen) atoms. The van der Waals surface area contributed by atoms with Crippen molar-refractivity contribution in [3.05, 3.63) is 65.7 Å². The van der Waals surface area contributed by atoms with Gasteiger partial charge in [-0.05, 0) is 47.9 Å². The summed E-state index contributed by atoms with van der Waals surface area (Å²) in [5.41, 5.74) is 2.15. The van der Waals surface area contributed by atoms with Gasteiger partial charge in [0.1, 0.15) is 11.5 Å². The van der Waals surface area contributed by atoms with E-state index in [-0.39, 0.29) is 5.97 Å². The van der Waals surface area contributed by atoms with Crippen molar-refractivity contribution in [1.82, 2.24) is 0 Å². The van der Waals surface area contributed by atoms with Gasteiger partial charge >= 0.3 is 5.97 Å². The Morgan fingerprint density at radius 1 is 1.10 bits per heavy atom. The van der Waals surface area contributed by atoms with Crippen LogP contribution in [0.3, 0.4) is 0 Å². The lowest BCUT2D eigenvalue weighted by Crippen LogP contribution is -1.93. The molecule has 0 atom stereocenters. The van der Waals surface area contributed by atoms with Crippen LogP contribution in [-0.4, -0.2) is 13.1 Å². The molecule has 0 unspecified atom stereocenters. The molecule has 0 heterocycles. The molecule has 0 radical (unpaired) electrons. The molecule has 0 aromatic heterocycles. The quantitative estimate of drug-likeness (QED) is 0.608. The molecule has 0 saturated carbocycles. The Morgan fingerprint density at radius 3 is 2.52 bits per heavy atom. The number of esters is 1. The maximum absolute atomic E-state index is 11.0. The molecule has 3 heteroatoms. The maximum Gasteiger partial charge on any atom is 0.330 e. The van der Waals surface area contributed by atoms with Gasteiger partial charge in [-0.3, -0.25) is 0 Å². The van der Waals surface area contributed by atoms with E-state index in [2.05, 4.69) is 17.7 Å². The first-order chi connectivity index (χ1) is 10.2. The number of methoxy groups -OCH3 is 1. The largest absolute Gasteiger partial charge is 0.466 e. The Bertz CT molecular complexity index is 627. The van der Waals surface area contributed by atoms with E-state index in [4.69, 9.17) is 4.74 Å². The first-order valence-electron chi connectivity index (χ1n) is 6.84. The highest BCUT2D eigenvalue weighted by Gasteiger charge is 1.99. The predicted molar refractivity (Wildman–Crippen MR) is 83.4 cm³/mol. The number of carbonyl (C=O) groups is 1. The van der Waals surface area contributed by atoms with Crippen LogP contribution in [0.2, 0.25) is 0 Å². The van der Waals surface area contributed by atoms with Gasteiger partial charge in [-0.1, -0.05) is 31.2 Å². The van der Waals surface area contributed by atoms with Crippen molar-refractivity contribution in [3.8, 4) is 11.5 Å². The van der Waals surface area contributed by atoms with Crippen LogP contribution in [0.25, 0.3) is 6.08 Å². The number of carbonyl (C=O) groups excluding carboxylic acids is 1. The standard InChI is InChI=1S/C18H18O3/c1-3-14-5-4-6-17(13-14)21-16-10-7-15(8-11-16)9-12-18(19)20-2/h4-13H,3H2,1-2H3/b12-9+. The summed E-state index contributed by atoms with van der Waals surface area (Å²) in [6.07, 6.45) is 4.07. The Morgan fingerprint density at radius 2 is 1.86 bits per heavy atom. The molecule has 108 valence electrons. The summed E-state index contributed by atoms with van der Waals surface area (Å²) in [5, 5.41) is 0. The van der Waals surface area contributed by atoms with Crippen LogP contribution >= 0.6 is 0 Å². The topological polar surface area (TPSA) is 35.5 Å². The zero-order chi connectivity index (χ0) is 15.1. The lowest BCUT2D eigenvalue weighted by Gasteiger charge is -2.07. The molecule has 2 rings (SSSR count).